The summed E-state index contributed by atoms with van der Waals surface area (Å²) in [5.74, 6) is 0.201. The molecule has 7 heteroatoms. The fourth-order valence-electron chi connectivity index (χ4n) is 2.87. The number of esters is 1. The average Bonchev–Trinajstić information content (AvgIpc) is 3.00. The third-order valence-corrected chi connectivity index (χ3v) is 5.32. The van der Waals surface area contributed by atoms with E-state index in [0.29, 0.717) is 13.1 Å². The first-order valence-electron chi connectivity index (χ1n) is 8.24. The monoisotopic (exact) mass is 372 g/mol. The van der Waals surface area contributed by atoms with E-state index in [9.17, 15) is 9.18 Å². The number of benzene rings is 2. The summed E-state index contributed by atoms with van der Waals surface area (Å²) in [5, 5.41) is 0.825. The molecular formula is C19H17FN2O3S. The van der Waals surface area contributed by atoms with Crippen molar-refractivity contribution in [3.8, 4) is 5.75 Å². The predicted octanol–water partition coefficient (Wildman–Crippen LogP) is 3.42. The average molecular weight is 372 g/mol. The van der Waals surface area contributed by atoms with Crippen molar-refractivity contribution < 1.29 is 18.7 Å². The molecule has 0 bridgehead atoms. The van der Waals surface area contributed by atoms with Gasteiger partial charge in [-0.1, -0.05) is 23.5 Å². The van der Waals surface area contributed by atoms with Crippen LogP contribution >= 0.6 is 11.3 Å². The molecule has 0 aliphatic carbocycles. The Labute approximate surface area is 154 Å². The fraction of sp³-hybridized carbons (Fsp3) is 0.263. The molecule has 1 aromatic heterocycles. The van der Waals surface area contributed by atoms with E-state index in [0.717, 1.165) is 26.7 Å². The normalized spacial score (nSPS) is 14.3. The number of nitrogens with zero attached hydrogens (tertiary/aromatic N) is 2. The van der Waals surface area contributed by atoms with Crippen molar-refractivity contribution in [2.24, 2.45) is 0 Å². The lowest BCUT2D eigenvalue weighted by atomic mass is 10.1. The Morgan fingerprint density at radius 1 is 1.31 bits per heavy atom. The molecule has 0 amide bonds. The Balaban J connectivity index is 1.32. The molecule has 3 aromatic rings. The lowest BCUT2D eigenvalue weighted by molar-refractivity contribution is -0.149. The minimum Gasteiger partial charge on any atom is -0.497 e. The maximum Gasteiger partial charge on any atom is 0.310 e. The van der Waals surface area contributed by atoms with Crippen LogP contribution in [0.25, 0.3) is 10.2 Å². The van der Waals surface area contributed by atoms with Gasteiger partial charge in [-0.05, 0) is 35.9 Å². The van der Waals surface area contributed by atoms with Crippen LogP contribution in [0, 0.1) is 5.82 Å². The minimum absolute atomic E-state index is 0.142. The summed E-state index contributed by atoms with van der Waals surface area (Å²) in [5.41, 5.74) is 1.64. The minimum atomic E-state index is -0.263. The molecule has 26 heavy (non-hydrogen) atoms. The first-order chi connectivity index (χ1) is 12.6. The Morgan fingerprint density at radius 3 is 2.96 bits per heavy atom. The Morgan fingerprint density at radius 2 is 2.15 bits per heavy atom. The Hall–Kier alpha value is -2.67. The van der Waals surface area contributed by atoms with Crippen LogP contribution in [-0.2, 0) is 16.0 Å². The zero-order valence-electron chi connectivity index (χ0n) is 14.1. The molecular weight excluding hydrogens is 355 g/mol. The molecule has 1 saturated heterocycles. The summed E-state index contributed by atoms with van der Waals surface area (Å²) in [7, 11) is 1.59. The molecule has 0 spiro atoms. The van der Waals surface area contributed by atoms with Crippen molar-refractivity contribution in [3.63, 3.8) is 0 Å². The van der Waals surface area contributed by atoms with Gasteiger partial charge in [0.05, 0.1) is 36.8 Å². The lowest BCUT2D eigenvalue weighted by Gasteiger charge is -2.38. The lowest BCUT2D eigenvalue weighted by Crippen LogP contribution is -2.53. The highest BCUT2D eigenvalue weighted by Crippen LogP contribution is 2.32. The number of halogens is 1. The molecule has 5 nitrogen and oxygen atoms in total. The van der Waals surface area contributed by atoms with Crippen LogP contribution in [0.4, 0.5) is 9.52 Å². The van der Waals surface area contributed by atoms with Gasteiger partial charge < -0.3 is 14.4 Å². The number of carbonyl (C=O) groups excluding carboxylic acids is 1. The molecule has 134 valence electrons. The number of thiazole rings is 1. The van der Waals surface area contributed by atoms with Crippen LogP contribution in [0.3, 0.4) is 0 Å². The third-order valence-electron chi connectivity index (χ3n) is 4.24. The molecule has 1 aliphatic rings. The van der Waals surface area contributed by atoms with Crippen LogP contribution in [0.15, 0.2) is 42.5 Å². The number of fused-ring (bicyclic) bond motifs is 1. The summed E-state index contributed by atoms with van der Waals surface area (Å²) in [4.78, 5) is 18.6. The number of aromatic nitrogens is 1. The predicted molar refractivity (Wildman–Crippen MR) is 98.4 cm³/mol. The molecule has 0 radical (unpaired) electrons. The van der Waals surface area contributed by atoms with E-state index in [1.807, 2.05) is 29.2 Å². The van der Waals surface area contributed by atoms with E-state index in [1.54, 1.807) is 13.2 Å². The van der Waals surface area contributed by atoms with Gasteiger partial charge in [-0.2, -0.15) is 0 Å². The van der Waals surface area contributed by atoms with E-state index in [2.05, 4.69) is 4.98 Å². The highest BCUT2D eigenvalue weighted by atomic mass is 32.1. The molecule has 0 N–H and O–H groups in total. The van der Waals surface area contributed by atoms with Crippen LogP contribution in [0.2, 0.25) is 0 Å². The smallest absolute Gasteiger partial charge is 0.310 e. The van der Waals surface area contributed by atoms with Gasteiger partial charge in [-0.15, -0.1) is 0 Å². The molecule has 2 heterocycles. The van der Waals surface area contributed by atoms with E-state index >= 15 is 0 Å². The van der Waals surface area contributed by atoms with Crippen molar-refractivity contribution in [2.75, 3.05) is 25.1 Å². The second kappa shape index (κ2) is 6.92. The van der Waals surface area contributed by atoms with E-state index in [1.165, 1.54) is 23.5 Å². The number of anilines is 1. The first kappa shape index (κ1) is 16.8. The van der Waals surface area contributed by atoms with Gasteiger partial charge in [-0.3, -0.25) is 4.79 Å². The molecule has 0 unspecified atom stereocenters. The van der Waals surface area contributed by atoms with Gasteiger partial charge in [0.25, 0.3) is 0 Å². The van der Waals surface area contributed by atoms with Crippen molar-refractivity contribution in [1.82, 2.24) is 4.98 Å². The molecule has 1 aliphatic heterocycles. The van der Waals surface area contributed by atoms with Crippen molar-refractivity contribution >= 4 is 32.7 Å². The van der Waals surface area contributed by atoms with Crippen molar-refractivity contribution in [3.05, 3.63) is 53.8 Å². The summed E-state index contributed by atoms with van der Waals surface area (Å²) in [6.45, 7) is 1.21. The number of hydrogen-bond acceptors (Lipinski definition) is 6. The summed E-state index contributed by atoms with van der Waals surface area (Å²) in [6, 6.07) is 12.0. The van der Waals surface area contributed by atoms with Gasteiger partial charge in [0.2, 0.25) is 0 Å². The van der Waals surface area contributed by atoms with Gasteiger partial charge in [-0.25, -0.2) is 9.37 Å². The number of ether oxygens (including phenoxy) is 2. The second-order valence-electron chi connectivity index (χ2n) is 6.15. The van der Waals surface area contributed by atoms with Gasteiger partial charge in [0.1, 0.15) is 17.7 Å². The standard InChI is InChI=1S/C19H17FN2O3S/c1-24-14-4-2-3-12(7-14)8-18(23)25-15-10-22(11-15)19-21-16-6-5-13(20)9-17(16)26-19/h2-7,9,15H,8,10-11H2,1H3. The first-order valence-corrected chi connectivity index (χ1v) is 9.06. The zero-order chi connectivity index (χ0) is 18.1. The third kappa shape index (κ3) is 3.48. The highest BCUT2D eigenvalue weighted by Gasteiger charge is 2.32. The molecule has 1 fully saturated rings. The molecule has 0 atom stereocenters. The van der Waals surface area contributed by atoms with Crippen LogP contribution in [0.1, 0.15) is 5.56 Å². The van der Waals surface area contributed by atoms with E-state index < -0.39 is 0 Å². The number of rotatable bonds is 5. The van der Waals surface area contributed by atoms with Crippen LogP contribution < -0.4 is 9.64 Å². The zero-order valence-corrected chi connectivity index (χ0v) is 15.0. The van der Waals surface area contributed by atoms with Gasteiger partial charge >= 0.3 is 5.97 Å². The molecule has 2 aromatic carbocycles. The number of hydrogen-bond donors (Lipinski definition) is 0. The van der Waals surface area contributed by atoms with Crippen LogP contribution in [0.5, 0.6) is 5.75 Å². The molecule has 0 saturated carbocycles. The Bertz CT molecular complexity index is 953. The SMILES string of the molecule is COc1cccc(CC(=O)OC2CN(c3nc4ccc(F)cc4s3)C2)c1. The largest absolute Gasteiger partial charge is 0.497 e. The van der Waals surface area contributed by atoms with Crippen molar-refractivity contribution in [2.45, 2.75) is 12.5 Å². The van der Waals surface area contributed by atoms with Gasteiger partial charge in [0.15, 0.2) is 5.13 Å². The summed E-state index contributed by atoms with van der Waals surface area (Å²) in [6.07, 6.45) is 0.0746. The topological polar surface area (TPSA) is 51.7 Å². The van der Waals surface area contributed by atoms with E-state index in [-0.39, 0.29) is 24.3 Å². The second-order valence-corrected chi connectivity index (χ2v) is 7.16. The molecule has 4 rings (SSSR count). The fourth-order valence-corrected chi connectivity index (χ4v) is 3.88. The van der Waals surface area contributed by atoms with Crippen molar-refractivity contribution in [1.29, 1.82) is 0 Å². The van der Waals surface area contributed by atoms with Gasteiger partial charge in [0, 0.05) is 0 Å². The highest BCUT2D eigenvalue weighted by molar-refractivity contribution is 7.22. The summed E-state index contributed by atoms with van der Waals surface area (Å²) < 4.78 is 24.8. The quantitative estimate of drug-likeness (QED) is 0.643. The maximum atomic E-state index is 13.3. The Kier molecular flexibility index (Phi) is 4.46. The number of methoxy groups -OCH3 is 1. The summed E-state index contributed by atoms with van der Waals surface area (Å²) >= 11 is 1.44. The maximum absolute atomic E-state index is 13.3. The number of carbonyl (C=O) groups is 1. The van der Waals surface area contributed by atoms with E-state index in [4.69, 9.17) is 9.47 Å². The van der Waals surface area contributed by atoms with Crippen LogP contribution in [-0.4, -0.2) is 37.3 Å².